The van der Waals surface area contributed by atoms with E-state index in [9.17, 15) is 4.79 Å². The van der Waals surface area contributed by atoms with Gasteiger partial charge in [-0.1, -0.05) is 45.4 Å². The third-order valence-corrected chi connectivity index (χ3v) is 6.47. The smallest absolute Gasteiger partial charge is 0.338 e. The largest absolute Gasteiger partial charge is 0.455 e. The molecule has 2 nitrogen and oxygen atoms in total. The molecular weight excluding hydrogens is 272 g/mol. The Kier molecular flexibility index (Phi) is 4.29. The molecule has 5 unspecified atom stereocenters. The summed E-state index contributed by atoms with van der Waals surface area (Å²) in [5.41, 5.74) is 0.441. The first-order chi connectivity index (χ1) is 10.5. The zero-order valence-corrected chi connectivity index (χ0v) is 14.0. The molecule has 2 heteroatoms. The Morgan fingerprint density at radius 1 is 1.14 bits per heavy atom. The van der Waals surface area contributed by atoms with Crippen molar-refractivity contribution in [1.82, 2.24) is 0 Å². The summed E-state index contributed by atoms with van der Waals surface area (Å²) in [6.07, 6.45) is 5.92. The van der Waals surface area contributed by atoms with Gasteiger partial charge >= 0.3 is 5.97 Å². The minimum absolute atomic E-state index is 0.138. The van der Waals surface area contributed by atoms with E-state index in [0.717, 1.165) is 12.3 Å². The maximum Gasteiger partial charge on any atom is 0.338 e. The minimum atomic E-state index is -0.239. The molecule has 0 bridgehead atoms. The molecule has 2 fully saturated rings. The summed E-state index contributed by atoms with van der Waals surface area (Å²) in [6.45, 7) is 6.99. The molecule has 1 aromatic rings. The van der Waals surface area contributed by atoms with Gasteiger partial charge < -0.3 is 4.74 Å². The second kappa shape index (κ2) is 6.06. The van der Waals surface area contributed by atoms with Gasteiger partial charge in [-0.3, -0.25) is 0 Å². The van der Waals surface area contributed by atoms with Gasteiger partial charge in [0.25, 0.3) is 0 Å². The number of carbonyl (C=O) groups is 1. The number of esters is 1. The summed E-state index contributed by atoms with van der Waals surface area (Å²) in [6, 6.07) is 9.46. The van der Waals surface area contributed by atoms with E-state index in [2.05, 4.69) is 20.8 Å². The van der Waals surface area contributed by atoms with E-state index in [4.69, 9.17) is 4.74 Å². The van der Waals surface area contributed by atoms with Gasteiger partial charge in [0.1, 0.15) is 5.60 Å². The van der Waals surface area contributed by atoms with Gasteiger partial charge in [-0.25, -0.2) is 4.79 Å². The molecule has 2 aliphatic rings. The van der Waals surface area contributed by atoms with Crippen LogP contribution in [0.3, 0.4) is 0 Å². The van der Waals surface area contributed by atoms with Crippen LogP contribution in [0.4, 0.5) is 0 Å². The van der Waals surface area contributed by atoms with Crippen LogP contribution >= 0.6 is 0 Å². The Morgan fingerprint density at radius 3 is 2.59 bits per heavy atom. The van der Waals surface area contributed by atoms with Gasteiger partial charge in [0, 0.05) is 0 Å². The third kappa shape index (κ3) is 2.57. The van der Waals surface area contributed by atoms with Crippen molar-refractivity contribution >= 4 is 5.97 Å². The Morgan fingerprint density at radius 2 is 1.86 bits per heavy atom. The Bertz CT molecular complexity index is 520. The fourth-order valence-corrected chi connectivity index (χ4v) is 4.79. The van der Waals surface area contributed by atoms with E-state index < -0.39 is 0 Å². The van der Waals surface area contributed by atoms with Crippen LogP contribution in [0.25, 0.3) is 0 Å². The quantitative estimate of drug-likeness (QED) is 0.712. The van der Waals surface area contributed by atoms with Crippen molar-refractivity contribution in [2.24, 2.45) is 23.7 Å². The average Bonchev–Trinajstić information content (AvgIpc) is 2.55. The van der Waals surface area contributed by atoms with Crippen molar-refractivity contribution in [2.45, 2.75) is 58.5 Å². The summed E-state index contributed by atoms with van der Waals surface area (Å²) in [7, 11) is 0. The van der Waals surface area contributed by atoms with E-state index in [-0.39, 0.29) is 11.6 Å². The number of hydrogen-bond donors (Lipinski definition) is 0. The molecule has 22 heavy (non-hydrogen) atoms. The standard InChI is InChI=1S/C20H28O2/c1-14-13-18-11-7-8-12-20(18,16(3)15(14)2)22-19(21)17-9-5-4-6-10-17/h4-6,9-10,14-16,18H,7-8,11-13H2,1-3H3. The maximum absolute atomic E-state index is 12.7. The number of fused-ring (bicyclic) bond motifs is 1. The van der Waals surface area contributed by atoms with Crippen LogP contribution in [0, 0.1) is 23.7 Å². The van der Waals surface area contributed by atoms with E-state index >= 15 is 0 Å². The van der Waals surface area contributed by atoms with Gasteiger partial charge in [-0.2, -0.15) is 0 Å². The second-order valence-corrected chi connectivity index (χ2v) is 7.51. The molecule has 0 amide bonds. The predicted molar refractivity (Wildman–Crippen MR) is 88.7 cm³/mol. The Labute approximate surface area is 134 Å². The molecule has 0 N–H and O–H groups in total. The van der Waals surface area contributed by atoms with E-state index in [0.29, 0.717) is 23.3 Å². The molecule has 0 heterocycles. The van der Waals surface area contributed by atoms with Gasteiger partial charge in [-0.15, -0.1) is 0 Å². The van der Waals surface area contributed by atoms with Gasteiger partial charge in [0.2, 0.25) is 0 Å². The summed E-state index contributed by atoms with van der Waals surface area (Å²) >= 11 is 0. The van der Waals surface area contributed by atoms with Crippen LogP contribution in [0.2, 0.25) is 0 Å². The van der Waals surface area contributed by atoms with Crippen LogP contribution in [0.5, 0.6) is 0 Å². The molecule has 0 radical (unpaired) electrons. The first-order valence-corrected chi connectivity index (χ1v) is 8.83. The number of ether oxygens (including phenoxy) is 1. The molecule has 2 aliphatic carbocycles. The predicted octanol–water partition coefficient (Wildman–Crippen LogP) is 5.08. The molecule has 5 atom stereocenters. The highest BCUT2D eigenvalue weighted by Crippen LogP contribution is 2.53. The zero-order chi connectivity index (χ0) is 15.7. The number of rotatable bonds is 2. The van der Waals surface area contributed by atoms with Gasteiger partial charge in [0.15, 0.2) is 0 Å². The fourth-order valence-electron chi connectivity index (χ4n) is 4.79. The molecule has 0 aliphatic heterocycles. The van der Waals surface area contributed by atoms with Crippen molar-refractivity contribution in [1.29, 1.82) is 0 Å². The van der Waals surface area contributed by atoms with E-state index in [1.807, 2.05) is 30.3 Å². The number of carbonyl (C=O) groups excluding carboxylic acids is 1. The lowest BCUT2D eigenvalue weighted by atomic mass is 9.56. The summed E-state index contributed by atoms with van der Waals surface area (Å²) < 4.78 is 6.26. The van der Waals surface area contributed by atoms with Crippen molar-refractivity contribution in [2.75, 3.05) is 0 Å². The lowest BCUT2D eigenvalue weighted by Crippen LogP contribution is -2.56. The highest BCUT2D eigenvalue weighted by Gasteiger charge is 2.54. The minimum Gasteiger partial charge on any atom is -0.455 e. The lowest BCUT2D eigenvalue weighted by molar-refractivity contribution is -0.149. The topological polar surface area (TPSA) is 26.3 Å². The second-order valence-electron chi connectivity index (χ2n) is 7.51. The van der Waals surface area contributed by atoms with Crippen LogP contribution in [0.15, 0.2) is 30.3 Å². The van der Waals surface area contributed by atoms with Crippen LogP contribution < -0.4 is 0 Å². The SMILES string of the molecule is CC1CC2CCCCC2(OC(=O)c2ccccc2)C(C)C1C. The van der Waals surface area contributed by atoms with Gasteiger partial charge in [-0.05, 0) is 61.5 Å². The van der Waals surface area contributed by atoms with E-state index in [1.54, 1.807) is 0 Å². The monoisotopic (exact) mass is 300 g/mol. The molecule has 2 saturated carbocycles. The fraction of sp³-hybridized carbons (Fsp3) is 0.650. The van der Waals surface area contributed by atoms with Crippen molar-refractivity contribution < 1.29 is 9.53 Å². The van der Waals surface area contributed by atoms with Gasteiger partial charge in [0.05, 0.1) is 5.56 Å². The average molecular weight is 300 g/mol. The van der Waals surface area contributed by atoms with Crippen molar-refractivity contribution in [3.8, 4) is 0 Å². The first-order valence-electron chi connectivity index (χ1n) is 8.83. The van der Waals surface area contributed by atoms with E-state index in [1.165, 1.54) is 25.7 Å². The highest BCUT2D eigenvalue weighted by molar-refractivity contribution is 5.89. The molecular formula is C20H28O2. The molecule has 0 aromatic heterocycles. The Hall–Kier alpha value is -1.31. The third-order valence-electron chi connectivity index (χ3n) is 6.47. The summed E-state index contributed by atoms with van der Waals surface area (Å²) in [5, 5.41) is 0. The number of hydrogen-bond acceptors (Lipinski definition) is 2. The van der Waals surface area contributed by atoms with Crippen LogP contribution in [0.1, 0.15) is 63.2 Å². The molecule has 0 saturated heterocycles. The lowest BCUT2D eigenvalue weighted by Gasteiger charge is -2.54. The Balaban J connectivity index is 1.88. The zero-order valence-electron chi connectivity index (χ0n) is 14.0. The molecule has 0 spiro atoms. The van der Waals surface area contributed by atoms with Crippen LogP contribution in [-0.2, 0) is 4.74 Å². The molecule has 3 rings (SSSR count). The maximum atomic E-state index is 12.7. The summed E-state index contributed by atoms with van der Waals surface area (Å²) in [5.74, 6) is 2.17. The highest BCUT2D eigenvalue weighted by atomic mass is 16.6. The first kappa shape index (κ1) is 15.6. The summed E-state index contributed by atoms with van der Waals surface area (Å²) in [4.78, 5) is 12.7. The van der Waals surface area contributed by atoms with Crippen molar-refractivity contribution in [3.05, 3.63) is 35.9 Å². The number of benzene rings is 1. The normalized spacial score (nSPS) is 38.1. The van der Waals surface area contributed by atoms with Crippen LogP contribution in [-0.4, -0.2) is 11.6 Å². The van der Waals surface area contributed by atoms with Crippen molar-refractivity contribution in [3.63, 3.8) is 0 Å². The molecule has 120 valence electrons. The molecule has 1 aromatic carbocycles.